The molecule has 0 spiro atoms. The fraction of sp³-hybridized carbons (Fsp3) is 0.273. The Morgan fingerprint density at radius 2 is 1.80 bits per heavy atom. The van der Waals surface area contributed by atoms with Crippen LogP contribution in [0.25, 0.3) is 10.9 Å². The van der Waals surface area contributed by atoms with Crippen molar-refractivity contribution in [2.45, 2.75) is 31.7 Å². The first-order valence-corrected chi connectivity index (χ1v) is 11.2. The van der Waals surface area contributed by atoms with Gasteiger partial charge in [-0.15, -0.1) is 0 Å². The van der Waals surface area contributed by atoms with Gasteiger partial charge in [0.1, 0.15) is 16.7 Å². The molecule has 1 heterocycles. The Bertz CT molecular complexity index is 1140. The summed E-state index contributed by atoms with van der Waals surface area (Å²) in [5.41, 5.74) is 0.845. The van der Waals surface area contributed by atoms with Crippen molar-refractivity contribution in [3.63, 3.8) is 0 Å². The van der Waals surface area contributed by atoms with E-state index in [1.165, 1.54) is 6.07 Å². The first-order chi connectivity index (χ1) is 14.3. The summed E-state index contributed by atoms with van der Waals surface area (Å²) in [6, 6.07) is 14.5. The molecule has 3 rings (SSSR count). The fourth-order valence-electron chi connectivity index (χ4n) is 3.08. The van der Waals surface area contributed by atoms with Crippen LogP contribution in [-0.2, 0) is 14.8 Å². The van der Waals surface area contributed by atoms with Crippen LogP contribution < -0.4 is 14.8 Å². The van der Waals surface area contributed by atoms with Crippen molar-refractivity contribution in [1.29, 1.82) is 0 Å². The van der Waals surface area contributed by atoms with E-state index in [4.69, 9.17) is 4.74 Å². The summed E-state index contributed by atoms with van der Waals surface area (Å²) in [5.74, 6) is -0.229. The second-order valence-corrected chi connectivity index (χ2v) is 8.78. The maximum absolute atomic E-state index is 13.1. The number of fused-ring (bicyclic) bond motifs is 1. The lowest BCUT2D eigenvalue weighted by Gasteiger charge is -2.22. The summed E-state index contributed by atoms with van der Waals surface area (Å²) in [6.07, 6.45) is 1.54. The lowest BCUT2D eigenvalue weighted by atomic mass is 10.0. The van der Waals surface area contributed by atoms with E-state index >= 15 is 0 Å². The number of sulfonamides is 1. The highest BCUT2D eigenvalue weighted by atomic mass is 32.2. The first-order valence-electron chi connectivity index (χ1n) is 9.72. The van der Waals surface area contributed by atoms with Gasteiger partial charge in [-0.05, 0) is 37.1 Å². The van der Waals surface area contributed by atoms with Crippen LogP contribution in [-0.4, -0.2) is 32.0 Å². The molecule has 3 aromatic rings. The molecule has 0 radical (unpaired) electrons. The first kappa shape index (κ1) is 21.7. The minimum atomic E-state index is -3.99. The molecule has 8 heteroatoms. The van der Waals surface area contributed by atoms with Crippen molar-refractivity contribution < 1.29 is 17.9 Å². The van der Waals surface area contributed by atoms with Crippen LogP contribution in [0.4, 0.5) is 5.69 Å². The van der Waals surface area contributed by atoms with Crippen LogP contribution >= 0.6 is 0 Å². The molecule has 0 unspecified atom stereocenters. The van der Waals surface area contributed by atoms with E-state index in [0.29, 0.717) is 28.9 Å². The highest BCUT2D eigenvalue weighted by Crippen LogP contribution is 2.25. The van der Waals surface area contributed by atoms with Crippen molar-refractivity contribution in [3.8, 4) is 5.75 Å². The number of pyridine rings is 1. The Kier molecular flexibility index (Phi) is 6.69. The van der Waals surface area contributed by atoms with Gasteiger partial charge in [-0.1, -0.05) is 44.2 Å². The predicted octanol–water partition coefficient (Wildman–Crippen LogP) is 3.58. The zero-order valence-electron chi connectivity index (χ0n) is 17.1. The average Bonchev–Trinajstić information content (AvgIpc) is 2.73. The van der Waals surface area contributed by atoms with E-state index in [2.05, 4.69) is 15.0 Å². The zero-order chi connectivity index (χ0) is 21.7. The summed E-state index contributed by atoms with van der Waals surface area (Å²) in [5, 5.41) is 3.49. The number of anilines is 1. The number of amides is 1. The van der Waals surface area contributed by atoms with E-state index in [-0.39, 0.29) is 10.8 Å². The molecule has 2 N–H and O–H groups in total. The smallest absolute Gasteiger partial charge is 0.243 e. The minimum absolute atomic E-state index is 0.0359. The number of para-hydroxylation sites is 3. The highest BCUT2D eigenvalue weighted by Gasteiger charge is 2.30. The molecule has 30 heavy (non-hydrogen) atoms. The molecule has 1 amide bonds. The topological polar surface area (TPSA) is 97.4 Å². The Hall–Kier alpha value is -2.97. The Labute approximate surface area is 176 Å². The number of hydrogen-bond acceptors (Lipinski definition) is 5. The van der Waals surface area contributed by atoms with Gasteiger partial charge >= 0.3 is 0 Å². The monoisotopic (exact) mass is 427 g/mol. The molecule has 2 aromatic carbocycles. The van der Waals surface area contributed by atoms with Gasteiger partial charge in [0.05, 0.1) is 17.8 Å². The molecule has 0 saturated heterocycles. The van der Waals surface area contributed by atoms with Gasteiger partial charge in [0.15, 0.2) is 0 Å². The molecular weight excluding hydrogens is 402 g/mol. The fourth-order valence-corrected chi connectivity index (χ4v) is 4.60. The van der Waals surface area contributed by atoms with Gasteiger partial charge in [0.25, 0.3) is 0 Å². The molecule has 0 aliphatic rings. The van der Waals surface area contributed by atoms with Crippen LogP contribution in [0.5, 0.6) is 5.75 Å². The van der Waals surface area contributed by atoms with Gasteiger partial charge in [-0.3, -0.25) is 9.78 Å². The van der Waals surface area contributed by atoms with Crippen molar-refractivity contribution in [2.75, 3.05) is 11.9 Å². The number of carbonyl (C=O) groups excluding carboxylic acids is 1. The van der Waals surface area contributed by atoms with E-state index < -0.39 is 22.0 Å². The standard InChI is InChI=1S/C22H25N3O4S/c1-4-29-18-12-6-5-11-17(18)24-22(26)20(15(2)3)25-30(27,28)19-13-7-9-16-10-8-14-23-21(16)19/h5-15,20,25H,4H2,1-3H3,(H,24,26)/t20-/m0/s1. The molecule has 0 bridgehead atoms. The normalized spacial score (nSPS) is 12.7. The summed E-state index contributed by atoms with van der Waals surface area (Å²) < 4.78 is 34.4. The number of ether oxygens (including phenoxy) is 1. The molecule has 7 nitrogen and oxygen atoms in total. The Morgan fingerprint density at radius 1 is 1.07 bits per heavy atom. The van der Waals surface area contributed by atoms with E-state index in [1.807, 2.05) is 6.92 Å². The van der Waals surface area contributed by atoms with Gasteiger partial charge < -0.3 is 10.1 Å². The second-order valence-electron chi connectivity index (χ2n) is 7.09. The van der Waals surface area contributed by atoms with Crippen LogP contribution in [0.3, 0.4) is 0 Å². The van der Waals surface area contributed by atoms with Crippen molar-refractivity contribution in [3.05, 3.63) is 60.8 Å². The van der Waals surface area contributed by atoms with Gasteiger partial charge in [-0.2, -0.15) is 4.72 Å². The van der Waals surface area contributed by atoms with Crippen LogP contribution in [0.2, 0.25) is 0 Å². The van der Waals surface area contributed by atoms with Gasteiger partial charge in [0, 0.05) is 11.6 Å². The number of benzene rings is 2. The third-order valence-corrected chi connectivity index (χ3v) is 6.03. The van der Waals surface area contributed by atoms with E-state index in [1.54, 1.807) is 68.6 Å². The summed E-state index contributed by atoms with van der Waals surface area (Å²) >= 11 is 0. The largest absolute Gasteiger partial charge is 0.492 e. The molecule has 1 atom stereocenters. The number of rotatable bonds is 8. The molecule has 0 aliphatic carbocycles. The van der Waals surface area contributed by atoms with Crippen molar-refractivity contribution in [2.24, 2.45) is 5.92 Å². The van der Waals surface area contributed by atoms with Crippen LogP contribution in [0.15, 0.2) is 65.7 Å². The third kappa shape index (κ3) is 4.77. The third-order valence-electron chi connectivity index (χ3n) is 4.56. The maximum atomic E-state index is 13.1. The van der Waals surface area contributed by atoms with Crippen LogP contribution in [0, 0.1) is 5.92 Å². The molecule has 1 aromatic heterocycles. The van der Waals surface area contributed by atoms with Gasteiger partial charge in [0.2, 0.25) is 15.9 Å². The van der Waals surface area contributed by atoms with Gasteiger partial charge in [-0.25, -0.2) is 8.42 Å². The number of carbonyl (C=O) groups is 1. The molecule has 0 saturated carbocycles. The lowest BCUT2D eigenvalue weighted by molar-refractivity contribution is -0.118. The summed E-state index contributed by atoms with van der Waals surface area (Å²) in [4.78, 5) is 17.2. The average molecular weight is 428 g/mol. The lowest BCUT2D eigenvalue weighted by Crippen LogP contribution is -2.47. The van der Waals surface area contributed by atoms with E-state index in [0.717, 1.165) is 0 Å². The van der Waals surface area contributed by atoms with Crippen molar-refractivity contribution >= 4 is 32.5 Å². The SMILES string of the molecule is CCOc1ccccc1NC(=O)[C@@H](NS(=O)(=O)c1cccc2cccnc12)C(C)C. The number of hydrogen-bond donors (Lipinski definition) is 2. The maximum Gasteiger partial charge on any atom is 0.243 e. The number of aromatic nitrogens is 1. The summed E-state index contributed by atoms with van der Waals surface area (Å²) in [6.45, 7) is 5.86. The number of nitrogens with one attached hydrogen (secondary N) is 2. The Morgan fingerprint density at radius 3 is 2.53 bits per heavy atom. The predicted molar refractivity (Wildman–Crippen MR) is 117 cm³/mol. The zero-order valence-corrected chi connectivity index (χ0v) is 17.9. The molecule has 0 fully saturated rings. The Balaban J connectivity index is 1.89. The minimum Gasteiger partial charge on any atom is -0.492 e. The summed E-state index contributed by atoms with van der Waals surface area (Å²) in [7, 11) is -3.99. The van der Waals surface area contributed by atoms with Crippen LogP contribution in [0.1, 0.15) is 20.8 Å². The van der Waals surface area contributed by atoms with Crippen molar-refractivity contribution in [1.82, 2.24) is 9.71 Å². The second kappa shape index (κ2) is 9.23. The molecule has 158 valence electrons. The molecule has 0 aliphatic heterocycles. The number of nitrogens with zero attached hydrogens (tertiary/aromatic N) is 1. The van der Waals surface area contributed by atoms with E-state index in [9.17, 15) is 13.2 Å². The highest BCUT2D eigenvalue weighted by molar-refractivity contribution is 7.89. The molecular formula is C22H25N3O4S. The quantitative estimate of drug-likeness (QED) is 0.573.